The van der Waals surface area contributed by atoms with Crippen molar-refractivity contribution in [1.29, 1.82) is 0 Å². The lowest BCUT2D eigenvalue weighted by Crippen LogP contribution is -1.94. The van der Waals surface area contributed by atoms with E-state index in [2.05, 4.69) is 21.0 Å². The summed E-state index contributed by atoms with van der Waals surface area (Å²) in [5.74, 6) is 0.547. The molecule has 0 radical (unpaired) electrons. The molecule has 1 aromatic heterocycles. The summed E-state index contributed by atoms with van der Waals surface area (Å²) in [6.07, 6.45) is 0. The first-order chi connectivity index (χ1) is 6.66. The van der Waals surface area contributed by atoms with Gasteiger partial charge in [0.15, 0.2) is 0 Å². The van der Waals surface area contributed by atoms with Crippen molar-refractivity contribution in [3.8, 4) is 11.3 Å². The smallest absolute Gasteiger partial charge is 0.146 e. The van der Waals surface area contributed by atoms with Gasteiger partial charge in [0.25, 0.3) is 0 Å². The highest BCUT2D eigenvalue weighted by Crippen LogP contribution is 2.22. The van der Waals surface area contributed by atoms with Crippen LogP contribution in [0.3, 0.4) is 0 Å². The predicted molar refractivity (Wildman–Crippen MR) is 60.8 cm³/mol. The van der Waals surface area contributed by atoms with Gasteiger partial charge in [-0.05, 0) is 17.7 Å². The van der Waals surface area contributed by atoms with Gasteiger partial charge in [0, 0.05) is 17.6 Å². The molecule has 72 valence electrons. The number of benzene rings is 1. The van der Waals surface area contributed by atoms with Crippen molar-refractivity contribution in [3.63, 3.8) is 0 Å². The maximum atomic E-state index is 5.61. The fraction of sp³-hybridized carbons (Fsp3) is 0.100. The third kappa shape index (κ3) is 1.65. The normalized spacial score (nSPS) is 10.4. The molecule has 2 rings (SSSR count). The van der Waals surface area contributed by atoms with E-state index in [0.29, 0.717) is 5.82 Å². The molecule has 0 aliphatic heterocycles. The van der Waals surface area contributed by atoms with Gasteiger partial charge in [-0.25, -0.2) is 0 Å². The zero-order valence-corrected chi connectivity index (χ0v) is 9.32. The van der Waals surface area contributed by atoms with Crippen molar-refractivity contribution in [1.82, 2.24) is 9.78 Å². The average molecular weight is 252 g/mol. The number of hydrogen-bond donors (Lipinski definition) is 1. The topological polar surface area (TPSA) is 43.8 Å². The van der Waals surface area contributed by atoms with Crippen LogP contribution in [0.4, 0.5) is 5.82 Å². The van der Waals surface area contributed by atoms with Gasteiger partial charge in [0.2, 0.25) is 0 Å². The second-order valence-electron chi connectivity index (χ2n) is 3.08. The Morgan fingerprint density at radius 3 is 2.43 bits per heavy atom. The summed E-state index contributed by atoms with van der Waals surface area (Å²) in [6.45, 7) is 0. The van der Waals surface area contributed by atoms with Gasteiger partial charge in [0.05, 0.1) is 5.69 Å². The van der Waals surface area contributed by atoms with Crippen molar-refractivity contribution in [3.05, 3.63) is 34.8 Å². The summed E-state index contributed by atoms with van der Waals surface area (Å²) in [6, 6.07) is 9.92. The van der Waals surface area contributed by atoms with E-state index < -0.39 is 0 Å². The Morgan fingerprint density at radius 1 is 1.29 bits per heavy atom. The Kier molecular flexibility index (Phi) is 2.29. The van der Waals surface area contributed by atoms with E-state index >= 15 is 0 Å². The summed E-state index contributed by atoms with van der Waals surface area (Å²) in [5, 5.41) is 4.09. The van der Waals surface area contributed by atoms with E-state index in [1.54, 1.807) is 4.68 Å². The van der Waals surface area contributed by atoms with Crippen LogP contribution >= 0.6 is 15.9 Å². The van der Waals surface area contributed by atoms with Crippen molar-refractivity contribution < 1.29 is 0 Å². The van der Waals surface area contributed by atoms with Crippen LogP contribution in [-0.2, 0) is 7.05 Å². The molecule has 0 saturated carbocycles. The number of nitrogen functional groups attached to an aromatic ring is 1. The summed E-state index contributed by atoms with van der Waals surface area (Å²) in [7, 11) is 1.88. The minimum atomic E-state index is 0.547. The largest absolute Gasteiger partial charge is 0.382 e. The minimum absolute atomic E-state index is 0.547. The number of anilines is 1. The Hall–Kier alpha value is -1.29. The lowest BCUT2D eigenvalue weighted by molar-refractivity contribution is 0.780. The van der Waals surface area contributed by atoms with Crippen LogP contribution in [0.25, 0.3) is 11.3 Å². The molecule has 2 N–H and O–H groups in total. The fourth-order valence-corrected chi connectivity index (χ4v) is 1.64. The molecule has 0 spiro atoms. The molecule has 0 amide bonds. The number of halogens is 1. The molecule has 0 aliphatic carbocycles. The van der Waals surface area contributed by atoms with E-state index in [-0.39, 0.29) is 0 Å². The van der Waals surface area contributed by atoms with Crippen LogP contribution in [0.2, 0.25) is 0 Å². The number of nitrogens with zero attached hydrogens (tertiary/aromatic N) is 2. The van der Waals surface area contributed by atoms with Gasteiger partial charge in [-0.3, -0.25) is 4.68 Å². The van der Waals surface area contributed by atoms with Gasteiger partial charge < -0.3 is 5.73 Å². The highest BCUT2D eigenvalue weighted by molar-refractivity contribution is 9.10. The van der Waals surface area contributed by atoms with Gasteiger partial charge in [-0.15, -0.1) is 0 Å². The molecule has 1 heterocycles. The first-order valence-corrected chi connectivity index (χ1v) is 5.01. The van der Waals surface area contributed by atoms with Crippen LogP contribution in [0.1, 0.15) is 0 Å². The van der Waals surface area contributed by atoms with Crippen molar-refractivity contribution in [2.45, 2.75) is 0 Å². The maximum absolute atomic E-state index is 5.61. The molecule has 2 aromatic rings. The van der Waals surface area contributed by atoms with Crippen molar-refractivity contribution in [2.75, 3.05) is 5.73 Å². The summed E-state index contributed by atoms with van der Waals surface area (Å²) < 4.78 is 2.84. The zero-order valence-electron chi connectivity index (χ0n) is 7.74. The van der Waals surface area contributed by atoms with Crippen molar-refractivity contribution >= 4 is 21.7 Å². The van der Waals surface area contributed by atoms with Gasteiger partial charge in [-0.2, -0.15) is 5.10 Å². The summed E-state index contributed by atoms with van der Waals surface area (Å²) in [4.78, 5) is 0. The van der Waals surface area contributed by atoms with E-state index in [9.17, 15) is 0 Å². The first kappa shape index (κ1) is 9.27. The standard InChI is InChI=1S/C10H10BrN3/c1-14-9(6-10(12)13-14)7-2-4-8(11)5-3-7/h2-6H,1H3,(H2,12,13). The highest BCUT2D eigenvalue weighted by atomic mass is 79.9. The molecule has 0 atom stereocenters. The SMILES string of the molecule is Cn1nc(N)cc1-c1ccc(Br)cc1. The van der Waals surface area contributed by atoms with Crippen molar-refractivity contribution in [2.24, 2.45) is 7.05 Å². The molecule has 0 bridgehead atoms. The second-order valence-corrected chi connectivity index (χ2v) is 4.00. The first-order valence-electron chi connectivity index (χ1n) is 4.22. The maximum Gasteiger partial charge on any atom is 0.146 e. The lowest BCUT2D eigenvalue weighted by atomic mass is 10.1. The lowest BCUT2D eigenvalue weighted by Gasteiger charge is -2.00. The molecule has 4 heteroatoms. The Labute approximate surface area is 90.7 Å². The van der Waals surface area contributed by atoms with E-state index in [4.69, 9.17) is 5.73 Å². The van der Waals surface area contributed by atoms with E-state index in [1.165, 1.54) is 0 Å². The molecule has 0 fully saturated rings. The quantitative estimate of drug-likeness (QED) is 0.847. The molecule has 0 saturated heterocycles. The van der Waals surface area contributed by atoms with Gasteiger partial charge in [-0.1, -0.05) is 28.1 Å². The molecule has 0 aliphatic rings. The third-order valence-corrected chi connectivity index (χ3v) is 2.57. The van der Waals surface area contributed by atoms with E-state index in [0.717, 1.165) is 15.7 Å². The number of rotatable bonds is 1. The zero-order chi connectivity index (χ0) is 10.1. The summed E-state index contributed by atoms with van der Waals surface area (Å²) >= 11 is 3.39. The van der Waals surface area contributed by atoms with Crippen LogP contribution in [0.15, 0.2) is 34.8 Å². The monoisotopic (exact) mass is 251 g/mol. The van der Waals surface area contributed by atoms with Crippen LogP contribution < -0.4 is 5.73 Å². The molecule has 0 unspecified atom stereocenters. The molecule has 14 heavy (non-hydrogen) atoms. The predicted octanol–water partition coefficient (Wildman–Crippen LogP) is 2.43. The Morgan fingerprint density at radius 2 is 1.93 bits per heavy atom. The van der Waals surface area contributed by atoms with Crippen LogP contribution in [0.5, 0.6) is 0 Å². The summed E-state index contributed by atoms with van der Waals surface area (Å²) in [5.41, 5.74) is 7.74. The third-order valence-electron chi connectivity index (χ3n) is 2.04. The molecule has 1 aromatic carbocycles. The number of hydrogen-bond acceptors (Lipinski definition) is 2. The Balaban J connectivity index is 2.49. The van der Waals surface area contributed by atoms with Crippen LogP contribution in [-0.4, -0.2) is 9.78 Å². The second kappa shape index (κ2) is 3.46. The fourth-order valence-electron chi connectivity index (χ4n) is 1.38. The number of aryl methyl sites for hydroxylation is 1. The number of nitrogens with two attached hydrogens (primary N) is 1. The number of aromatic nitrogens is 2. The van der Waals surface area contributed by atoms with Gasteiger partial charge >= 0.3 is 0 Å². The molecular formula is C10H10BrN3. The van der Waals surface area contributed by atoms with Crippen LogP contribution in [0, 0.1) is 0 Å². The molecular weight excluding hydrogens is 242 g/mol. The molecule has 3 nitrogen and oxygen atoms in total. The van der Waals surface area contributed by atoms with Gasteiger partial charge in [0.1, 0.15) is 5.82 Å². The average Bonchev–Trinajstić information content (AvgIpc) is 2.47. The highest BCUT2D eigenvalue weighted by Gasteiger charge is 2.04. The van der Waals surface area contributed by atoms with E-state index in [1.807, 2.05) is 37.4 Å². The Bertz CT molecular complexity index is 445. The minimum Gasteiger partial charge on any atom is -0.382 e.